The van der Waals surface area contributed by atoms with Gasteiger partial charge in [-0.2, -0.15) is 0 Å². The van der Waals surface area contributed by atoms with Crippen LogP contribution in [-0.4, -0.2) is 99.5 Å². The Balaban J connectivity index is 1.84. The molecule has 0 bridgehead atoms. The predicted molar refractivity (Wildman–Crippen MR) is 136 cm³/mol. The van der Waals surface area contributed by atoms with E-state index in [0.29, 0.717) is 12.1 Å². The van der Waals surface area contributed by atoms with Gasteiger partial charge >= 0.3 is 29.8 Å². The third-order valence-electron chi connectivity index (χ3n) is 6.36. The second-order valence-electron chi connectivity index (χ2n) is 9.22. The first-order valence-corrected chi connectivity index (χ1v) is 12.8. The number of carboxylic acids is 1. The molecule has 3 rings (SSSR count). The molecule has 1 aromatic rings. The van der Waals surface area contributed by atoms with Crippen molar-refractivity contribution >= 4 is 47.5 Å². The number of carbonyl (C=O) groups excluding carboxylic acids is 5. The van der Waals surface area contributed by atoms with Crippen LogP contribution in [0.15, 0.2) is 30.3 Å². The molecule has 0 radical (unpaired) electrons. The molecule has 2 saturated heterocycles. The average molecular weight is 550 g/mol. The molecule has 2 aliphatic rings. The number of piperazine rings is 1. The minimum atomic E-state index is -1.35. The van der Waals surface area contributed by atoms with Gasteiger partial charge < -0.3 is 25.4 Å². The fourth-order valence-electron chi connectivity index (χ4n) is 4.27. The Morgan fingerprint density at radius 2 is 1.79 bits per heavy atom. The van der Waals surface area contributed by atoms with Crippen LogP contribution in [0.3, 0.4) is 0 Å². The van der Waals surface area contributed by atoms with E-state index in [2.05, 4.69) is 16.0 Å². The van der Waals surface area contributed by atoms with Crippen LogP contribution in [0.2, 0.25) is 0 Å². The number of carboxylic acid groups (broad SMARTS) is 1. The zero-order valence-corrected chi connectivity index (χ0v) is 22.2. The van der Waals surface area contributed by atoms with Gasteiger partial charge in [-0.1, -0.05) is 30.3 Å². The number of nitrogens with zero attached hydrogens (tertiary/aromatic N) is 2. The highest BCUT2D eigenvalue weighted by molar-refractivity contribution is 8.01. The number of thioether (sulfide) groups is 1. The second kappa shape index (κ2) is 11.8. The number of hydrogen-bond donors (Lipinski definition) is 4. The molecule has 13 nitrogen and oxygen atoms in total. The van der Waals surface area contributed by atoms with Crippen molar-refractivity contribution in [1.82, 2.24) is 25.8 Å². The second-order valence-corrected chi connectivity index (χ2v) is 11.0. The average Bonchev–Trinajstić information content (AvgIpc) is 3.22. The lowest BCUT2D eigenvalue weighted by molar-refractivity contribution is -0.153. The molecule has 5 amide bonds. The maximum Gasteiger partial charge on any atom is 0.330 e. The Kier molecular flexibility index (Phi) is 8.99. The molecule has 1 aromatic carbocycles. The monoisotopic (exact) mass is 549 g/mol. The molecule has 206 valence electrons. The number of rotatable bonds is 8. The highest BCUT2D eigenvalue weighted by Crippen LogP contribution is 2.39. The van der Waals surface area contributed by atoms with E-state index in [1.54, 1.807) is 51.1 Å². The molecule has 2 aliphatic heterocycles. The van der Waals surface area contributed by atoms with Crippen LogP contribution in [-0.2, 0) is 28.7 Å². The number of carbonyl (C=O) groups is 6. The minimum Gasteiger partial charge on any atom is -0.480 e. The van der Waals surface area contributed by atoms with E-state index in [0.717, 1.165) is 23.8 Å². The number of likely N-dealkylation sites (N-methyl/N-ethyl adjacent to an activating group) is 1. The summed E-state index contributed by atoms with van der Waals surface area (Å²) >= 11 is 1.16. The van der Waals surface area contributed by atoms with Crippen molar-refractivity contribution in [2.24, 2.45) is 0 Å². The molecular formula is C24H31N5O8S. The van der Waals surface area contributed by atoms with E-state index >= 15 is 0 Å². The summed E-state index contributed by atoms with van der Waals surface area (Å²) < 4.78 is 4.05. The van der Waals surface area contributed by atoms with Gasteiger partial charge in [0.15, 0.2) is 6.04 Å². The Labute approximate surface area is 223 Å². The number of ether oxygens (including phenoxy) is 1. The number of urea groups is 1. The SMILES string of the molecule is CCN1CCN(C(=O)N[C@@H](C(=O)NC(C(=O)OC)C2N[C@@H](C(=O)O)C(C)(C)S2)c2ccccc2)C(=O)C1=O. The number of benzene rings is 1. The fraction of sp³-hybridized carbons (Fsp3) is 0.500. The summed E-state index contributed by atoms with van der Waals surface area (Å²) in [5.74, 6) is -4.56. The molecule has 0 spiro atoms. The maximum atomic E-state index is 13.5. The fourth-order valence-corrected chi connectivity index (χ4v) is 5.74. The zero-order chi connectivity index (χ0) is 28.2. The Bertz CT molecular complexity index is 1110. The number of esters is 1. The quantitative estimate of drug-likeness (QED) is 0.248. The van der Waals surface area contributed by atoms with Crippen molar-refractivity contribution in [2.45, 2.75) is 49.0 Å². The van der Waals surface area contributed by atoms with Crippen molar-refractivity contribution in [2.75, 3.05) is 26.7 Å². The van der Waals surface area contributed by atoms with E-state index in [9.17, 15) is 33.9 Å². The van der Waals surface area contributed by atoms with E-state index in [-0.39, 0.29) is 13.1 Å². The van der Waals surface area contributed by atoms with Gasteiger partial charge in [0.2, 0.25) is 5.91 Å². The molecule has 2 unspecified atom stereocenters. The van der Waals surface area contributed by atoms with Crippen LogP contribution < -0.4 is 16.0 Å². The lowest BCUT2D eigenvalue weighted by atomic mass is 10.0. The van der Waals surface area contributed by atoms with Gasteiger partial charge in [-0.05, 0) is 26.3 Å². The first-order chi connectivity index (χ1) is 17.9. The number of methoxy groups -OCH3 is 1. The number of amides is 5. The highest BCUT2D eigenvalue weighted by Gasteiger charge is 2.50. The van der Waals surface area contributed by atoms with Gasteiger partial charge in [0.05, 0.1) is 12.5 Å². The maximum absolute atomic E-state index is 13.5. The Hall–Kier alpha value is -3.65. The third-order valence-corrected chi connectivity index (χ3v) is 7.86. The van der Waals surface area contributed by atoms with Gasteiger partial charge in [0, 0.05) is 24.4 Å². The summed E-state index contributed by atoms with van der Waals surface area (Å²) in [6.07, 6.45) is 0. The molecule has 38 heavy (non-hydrogen) atoms. The summed E-state index contributed by atoms with van der Waals surface area (Å²) in [4.78, 5) is 77.7. The summed E-state index contributed by atoms with van der Waals surface area (Å²) in [6, 6.07) is 3.53. The van der Waals surface area contributed by atoms with Crippen LogP contribution in [0, 0.1) is 0 Å². The van der Waals surface area contributed by atoms with E-state index in [4.69, 9.17) is 4.74 Å². The smallest absolute Gasteiger partial charge is 0.330 e. The molecule has 0 saturated carbocycles. The third kappa shape index (κ3) is 6.07. The van der Waals surface area contributed by atoms with Crippen LogP contribution in [0.4, 0.5) is 4.79 Å². The summed E-state index contributed by atoms with van der Waals surface area (Å²) in [5.41, 5.74) is 0.351. The van der Waals surface area contributed by atoms with E-state index in [1.165, 1.54) is 4.90 Å². The van der Waals surface area contributed by atoms with Crippen LogP contribution in [0.5, 0.6) is 0 Å². The van der Waals surface area contributed by atoms with Gasteiger partial charge in [0.1, 0.15) is 12.1 Å². The molecular weight excluding hydrogens is 518 g/mol. The molecule has 2 fully saturated rings. The van der Waals surface area contributed by atoms with Crippen molar-refractivity contribution < 1.29 is 38.6 Å². The van der Waals surface area contributed by atoms with E-state index < -0.39 is 63.9 Å². The molecule has 2 heterocycles. The predicted octanol–water partition coefficient (Wildman–Crippen LogP) is -0.320. The molecule has 0 aliphatic carbocycles. The molecule has 4 N–H and O–H groups in total. The number of nitrogens with one attached hydrogen (secondary N) is 3. The first kappa shape index (κ1) is 28.9. The van der Waals surface area contributed by atoms with Gasteiger partial charge in [-0.25, -0.2) is 9.59 Å². The number of imide groups is 1. The number of aliphatic carboxylic acids is 1. The van der Waals surface area contributed by atoms with E-state index in [1.807, 2.05) is 0 Å². The Morgan fingerprint density at radius 3 is 2.34 bits per heavy atom. The van der Waals surface area contributed by atoms with Crippen molar-refractivity contribution in [3.8, 4) is 0 Å². The summed E-state index contributed by atoms with van der Waals surface area (Å²) in [6.45, 7) is 5.54. The lowest BCUT2D eigenvalue weighted by Crippen LogP contribution is -2.60. The summed E-state index contributed by atoms with van der Waals surface area (Å²) in [7, 11) is 1.13. The largest absolute Gasteiger partial charge is 0.480 e. The molecule has 0 aromatic heterocycles. The normalized spacial score (nSPS) is 22.4. The zero-order valence-electron chi connectivity index (χ0n) is 21.4. The minimum absolute atomic E-state index is 0.0492. The number of hydrogen-bond acceptors (Lipinski definition) is 9. The van der Waals surface area contributed by atoms with Gasteiger partial charge in [-0.3, -0.25) is 29.4 Å². The van der Waals surface area contributed by atoms with Crippen LogP contribution in [0.1, 0.15) is 32.4 Å². The Morgan fingerprint density at radius 1 is 1.13 bits per heavy atom. The highest BCUT2D eigenvalue weighted by atomic mass is 32.2. The van der Waals surface area contributed by atoms with Crippen molar-refractivity contribution in [3.63, 3.8) is 0 Å². The van der Waals surface area contributed by atoms with Crippen LogP contribution in [0.25, 0.3) is 0 Å². The van der Waals surface area contributed by atoms with Crippen LogP contribution >= 0.6 is 11.8 Å². The molecule has 4 atom stereocenters. The van der Waals surface area contributed by atoms with Crippen molar-refractivity contribution in [3.05, 3.63) is 35.9 Å². The van der Waals surface area contributed by atoms with Gasteiger partial charge in [-0.15, -0.1) is 11.8 Å². The first-order valence-electron chi connectivity index (χ1n) is 11.9. The standard InChI is InChI=1S/C24H31N5O8S/c1-5-28-11-12-29(20(32)19(28)31)23(36)26-14(13-9-7-6-8-10-13)17(30)25-15(22(35)37-4)18-27-16(21(33)34)24(2,3)38-18/h6-10,14-16,18,27H,5,11-12H2,1-4H3,(H,25,30)(H,26,36)(H,33,34)/t14-,15?,16+,18?/m1/s1. The topological polar surface area (TPSA) is 174 Å². The summed E-state index contributed by atoms with van der Waals surface area (Å²) in [5, 5.41) is 16.6. The van der Waals surface area contributed by atoms with Gasteiger partial charge in [0.25, 0.3) is 0 Å². The van der Waals surface area contributed by atoms with Crippen molar-refractivity contribution in [1.29, 1.82) is 0 Å². The molecule has 14 heteroatoms. The lowest BCUT2D eigenvalue weighted by Gasteiger charge is -2.33.